The van der Waals surface area contributed by atoms with Crippen molar-refractivity contribution in [3.05, 3.63) is 33.9 Å². The van der Waals surface area contributed by atoms with E-state index in [4.69, 9.17) is 5.11 Å². The number of hydrogen-bond acceptors (Lipinski definition) is 2. The molecule has 0 fully saturated rings. The average molecular weight is 310 g/mol. The first-order valence-corrected chi connectivity index (χ1v) is 6.56. The number of aliphatic hydroxyl groups is 1. The van der Waals surface area contributed by atoms with Gasteiger partial charge >= 0.3 is 5.97 Å². The van der Waals surface area contributed by atoms with Crippen LogP contribution >= 0.6 is 15.9 Å². The lowest BCUT2D eigenvalue weighted by atomic mass is 9.85. The number of aromatic amines is 1. The van der Waals surface area contributed by atoms with Gasteiger partial charge in [0.05, 0.1) is 12.0 Å². The second kappa shape index (κ2) is 4.10. The minimum absolute atomic E-state index is 0.280. The molecule has 94 valence electrons. The molecule has 0 aliphatic heterocycles. The van der Waals surface area contributed by atoms with Crippen LogP contribution in [0.25, 0.3) is 10.9 Å². The highest BCUT2D eigenvalue weighted by atomic mass is 79.9. The highest BCUT2D eigenvalue weighted by molar-refractivity contribution is 9.10. The van der Waals surface area contributed by atoms with Gasteiger partial charge in [-0.15, -0.1) is 0 Å². The molecule has 4 nitrogen and oxygen atoms in total. The van der Waals surface area contributed by atoms with Crippen LogP contribution in [0.2, 0.25) is 0 Å². The van der Waals surface area contributed by atoms with Crippen LogP contribution < -0.4 is 0 Å². The molecule has 0 radical (unpaired) electrons. The van der Waals surface area contributed by atoms with E-state index in [0.29, 0.717) is 6.42 Å². The molecule has 0 bridgehead atoms. The molecule has 3 N–H and O–H groups in total. The molecule has 1 heterocycles. The van der Waals surface area contributed by atoms with Crippen molar-refractivity contribution < 1.29 is 15.0 Å². The van der Waals surface area contributed by atoms with Gasteiger partial charge in [0.2, 0.25) is 0 Å². The summed E-state index contributed by atoms with van der Waals surface area (Å²) in [4.78, 5) is 14.3. The molecule has 1 aliphatic carbocycles. The number of rotatable bonds is 1. The SMILES string of the molecule is O=C(O)C1Cc2[nH]c3ccc(Br)cc3c2C(O)C1. The largest absolute Gasteiger partial charge is 0.481 e. The quantitative estimate of drug-likeness (QED) is 0.758. The first-order chi connectivity index (χ1) is 8.56. The van der Waals surface area contributed by atoms with Crippen molar-refractivity contribution in [2.45, 2.75) is 18.9 Å². The summed E-state index contributed by atoms with van der Waals surface area (Å²) in [5.41, 5.74) is 2.63. The van der Waals surface area contributed by atoms with Crippen molar-refractivity contribution in [3.8, 4) is 0 Å². The summed E-state index contributed by atoms with van der Waals surface area (Å²) >= 11 is 3.41. The predicted molar refractivity (Wildman–Crippen MR) is 70.4 cm³/mol. The predicted octanol–water partition coefficient (Wildman–Crippen LogP) is 2.61. The third kappa shape index (κ3) is 1.74. The smallest absolute Gasteiger partial charge is 0.306 e. The third-order valence-electron chi connectivity index (χ3n) is 3.52. The molecular formula is C13H12BrNO3. The van der Waals surface area contributed by atoms with Crippen molar-refractivity contribution in [1.82, 2.24) is 4.98 Å². The first kappa shape index (κ1) is 11.7. The topological polar surface area (TPSA) is 73.3 Å². The second-order valence-electron chi connectivity index (χ2n) is 4.70. The summed E-state index contributed by atoms with van der Waals surface area (Å²) in [5.74, 6) is -1.36. The van der Waals surface area contributed by atoms with Crippen LogP contribution in [0.1, 0.15) is 23.8 Å². The summed E-state index contributed by atoms with van der Waals surface area (Å²) in [5, 5.41) is 20.2. The lowest BCUT2D eigenvalue weighted by Gasteiger charge is -2.23. The number of aliphatic carboxylic acids is 1. The number of fused-ring (bicyclic) bond motifs is 3. The van der Waals surface area contributed by atoms with Gasteiger partial charge in [-0.1, -0.05) is 15.9 Å². The Bertz CT molecular complexity index is 634. The first-order valence-electron chi connectivity index (χ1n) is 5.77. The standard InChI is InChI=1S/C13H12BrNO3/c14-7-1-2-9-8(5-7)12-10(15-9)3-6(13(17)18)4-11(12)16/h1-2,5-6,11,15-16H,3-4H2,(H,17,18). The van der Waals surface area contributed by atoms with Crippen molar-refractivity contribution in [2.24, 2.45) is 5.92 Å². The van der Waals surface area contributed by atoms with E-state index in [2.05, 4.69) is 20.9 Å². The van der Waals surface area contributed by atoms with Gasteiger partial charge in [-0.3, -0.25) is 4.79 Å². The van der Waals surface area contributed by atoms with E-state index in [1.807, 2.05) is 18.2 Å². The summed E-state index contributed by atoms with van der Waals surface area (Å²) in [6.07, 6.45) is 0.0217. The van der Waals surface area contributed by atoms with E-state index >= 15 is 0 Å². The minimum Gasteiger partial charge on any atom is -0.481 e. The van der Waals surface area contributed by atoms with Gasteiger partial charge in [0.25, 0.3) is 0 Å². The van der Waals surface area contributed by atoms with Crippen molar-refractivity contribution in [3.63, 3.8) is 0 Å². The average Bonchev–Trinajstić information content (AvgIpc) is 2.66. The molecule has 1 aromatic carbocycles. The maximum Gasteiger partial charge on any atom is 0.306 e. The number of carboxylic acid groups (broad SMARTS) is 1. The maximum atomic E-state index is 11.0. The summed E-state index contributed by atoms with van der Waals surface area (Å²) in [6.45, 7) is 0. The van der Waals surface area contributed by atoms with Gasteiger partial charge in [0.1, 0.15) is 0 Å². The van der Waals surface area contributed by atoms with Crippen molar-refractivity contribution in [1.29, 1.82) is 0 Å². The Morgan fingerprint density at radius 1 is 1.44 bits per heavy atom. The van der Waals surface area contributed by atoms with Crippen molar-refractivity contribution in [2.75, 3.05) is 0 Å². The monoisotopic (exact) mass is 309 g/mol. The van der Waals surface area contributed by atoms with E-state index in [1.165, 1.54) is 0 Å². The van der Waals surface area contributed by atoms with Crippen LogP contribution in [0.3, 0.4) is 0 Å². The number of benzene rings is 1. The fourth-order valence-corrected chi connectivity index (χ4v) is 3.05. The summed E-state index contributed by atoms with van der Waals surface area (Å²) < 4.78 is 0.948. The molecule has 2 aromatic rings. The van der Waals surface area contributed by atoms with Crippen LogP contribution in [0, 0.1) is 5.92 Å². The highest BCUT2D eigenvalue weighted by Crippen LogP contribution is 2.38. The number of nitrogens with one attached hydrogen (secondary N) is 1. The fourth-order valence-electron chi connectivity index (χ4n) is 2.69. The van der Waals surface area contributed by atoms with Gasteiger partial charge in [-0.2, -0.15) is 0 Å². The number of carbonyl (C=O) groups is 1. The Morgan fingerprint density at radius 3 is 2.94 bits per heavy atom. The molecule has 3 rings (SSSR count). The summed E-state index contributed by atoms with van der Waals surface area (Å²) in [6, 6.07) is 5.81. The van der Waals surface area contributed by atoms with E-state index in [-0.39, 0.29) is 6.42 Å². The molecule has 2 unspecified atom stereocenters. The Labute approximate surface area is 112 Å². The fraction of sp³-hybridized carbons (Fsp3) is 0.308. The molecule has 0 spiro atoms. The van der Waals surface area contributed by atoms with Gasteiger partial charge in [0, 0.05) is 33.1 Å². The molecule has 0 amide bonds. The molecule has 0 saturated carbocycles. The normalized spacial score (nSPS) is 23.0. The number of aliphatic hydroxyl groups excluding tert-OH is 1. The van der Waals surface area contributed by atoms with E-state index in [0.717, 1.165) is 26.6 Å². The van der Waals surface area contributed by atoms with Crippen LogP contribution in [0.15, 0.2) is 22.7 Å². The molecule has 2 atom stereocenters. The van der Waals surface area contributed by atoms with Crippen molar-refractivity contribution >= 4 is 32.8 Å². The Kier molecular flexibility index (Phi) is 2.68. The van der Waals surface area contributed by atoms with Gasteiger partial charge in [-0.05, 0) is 24.6 Å². The van der Waals surface area contributed by atoms with E-state index < -0.39 is 18.0 Å². The zero-order valence-corrected chi connectivity index (χ0v) is 11.1. The number of halogens is 1. The lowest BCUT2D eigenvalue weighted by Crippen LogP contribution is -2.24. The van der Waals surface area contributed by atoms with E-state index in [9.17, 15) is 9.90 Å². The molecule has 5 heteroatoms. The zero-order chi connectivity index (χ0) is 12.9. The Morgan fingerprint density at radius 2 is 2.22 bits per heavy atom. The molecule has 0 saturated heterocycles. The summed E-state index contributed by atoms with van der Waals surface area (Å²) in [7, 11) is 0. The van der Waals surface area contributed by atoms with Crippen LogP contribution in [-0.4, -0.2) is 21.2 Å². The minimum atomic E-state index is -0.848. The number of hydrogen-bond donors (Lipinski definition) is 3. The molecule has 18 heavy (non-hydrogen) atoms. The van der Waals surface area contributed by atoms with Gasteiger partial charge in [0.15, 0.2) is 0 Å². The molecular weight excluding hydrogens is 298 g/mol. The zero-order valence-electron chi connectivity index (χ0n) is 9.48. The van der Waals surface area contributed by atoms with Crippen LogP contribution in [0.5, 0.6) is 0 Å². The Balaban J connectivity index is 2.16. The van der Waals surface area contributed by atoms with Gasteiger partial charge < -0.3 is 15.2 Å². The maximum absolute atomic E-state index is 11.0. The number of aromatic nitrogens is 1. The lowest BCUT2D eigenvalue weighted by molar-refractivity contribution is -0.143. The number of carboxylic acids is 1. The number of H-pyrrole nitrogens is 1. The van der Waals surface area contributed by atoms with Crippen LogP contribution in [0.4, 0.5) is 0 Å². The van der Waals surface area contributed by atoms with Gasteiger partial charge in [-0.25, -0.2) is 0 Å². The Hall–Kier alpha value is -1.33. The van der Waals surface area contributed by atoms with E-state index in [1.54, 1.807) is 0 Å². The second-order valence-corrected chi connectivity index (χ2v) is 5.61. The third-order valence-corrected chi connectivity index (χ3v) is 4.02. The highest BCUT2D eigenvalue weighted by Gasteiger charge is 2.32. The molecule has 1 aromatic heterocycles. The van der Waals surface area contributed by atoms with Crippen LogP contribution in [-0.2, 0) is 11.2 Å². The molecule has 1 aliphatic rings.